The van der Waals surface area contributed by atoms with Crippen LogP contribution in [-0.2, 0) is 11.2 Å². The van der Waals surface area contributed by atoms with Crippen molar-refractivity contribution in [1.82, 2.24) is 15.1 Å². The van der Waals surface area contributed by atoms with Gasteiger partial charge in [0, 0.05) is 25.2 Å². The summed E-state index contributed by atoms with van der Waals surface area (Å²) in [6, 6.07) is 10.8. The molecule has 3 fully saturated rings. The molecule has 4 rings (SSSR count). The van der Waals surface area contributed by atoms with Crippen molar-refractivity contribution < 1.29 is 9.59 Å². The molecule has 0 radical (unpaired) electrons. The van der Waals surface area contributed by atoms with E-state index in [9.17, 15) is 9.59 Å². The van der Waals surface area contributed by atoms with Crippen molar-refractivity contribution in [1.29, 1.82) is 0 Å². The molecule has 5 heteroatoms. The van der Waals surface area contributed by atoms with E-state index < -0.39 is 0 Å². The van der Waals surface area contributed by atoms with Gasteiger partial charge >= 0.3 is 6.03 Å². The number of piperidine rings is 1. The highest BCUT2D eigenvalue weighted by Gasteiger charge is 2.37. The summed E-state index contributed by atoms with van der Waals surface area (Å²) in [6.45, 7) is 2.81. The van der Waals surface area contributed by atoms with Crippen molar-refractivity contribution in [2.75, 3.05) is 19.6 Å². The van der Waals surface area contributed by atoms with E-state index in [1.165, 1.54) is 31.2 Å². The van der Waals surface area contributed by atoms with Crippen molar-refractivity contribution in [3.8, 4) is 0 Å². The quantitative estimate of drug-likeness (QED) is 0.667. The van der Waals surface area contributed by atoms with Gasteiger partial charge in [0.2, 0.25) is 5.91 Å². The van der Waals surface area contributed by atoms with Crippen LogP contribution in [-0.4, -0.2) is 53.5 Å². The Morgan fingerprint density at radius 3 is 2.28 bits per heavy atom. The Balaban J connectivity index is 1.39. The highest BCUT2D eigenvalue weighted by atomic mass is 16.2. The number of carbonyl (C=O) groups excluding carboxylic acids is 2. The summed E-state index contributed by atoms with van der Waals surface area (Å²) in [6.07, 6.45) is 14.1. The first kappa shape index (κ1) is 23.3. The molecule has 1 aromatic carbocycles. The maximum Gasteiger partial charge on any atom is 0.324 e. The minimum atomic E-state index is -0.116. The van der Waals surface area contributed by atoms with Crippen LogP contribution in [0.4, 0.5) is 4.79 Å². The molecule has 0 bridgehead atoms. The summed E-state index contributed by atoms with van der Waals surface area (Å²) in [4.78, 5) is 31.2. The molecule has 1 N–H and O–H groups in total. The Morgan fingerprint density at radius 2 is 1.56 bits per heavy atom. The molecule has 2 aliphatic carbocycles. The third-order valence-electron chi connectivity index (χ3n) is 7.74. The summed E-state index contributed by atoms with van der Waals surface area (Å²) in [5, 5.41) is 3.25. The summed E-state index contributed by atoms with van der Waals surface area (Å²) < 4.78 is 0. The van der Waals surface area contributed by atoms with Gasteiger partial charge in [0.05, 0.1) is 5.92 Å². The van der Waals surface area contributed by atoms with Crippen LogP contribution in [0.1, 0.15) is 82.6 Å². The van der Waals surface area contributed by atoms with Crippen LogP contribution in [0.5, 0.6) is 0 Å². The van der Waals surface area contributed by atoms with Gasteiger partial charge in [0.15, 0.2) is 0 Å². The zero-order valence-corrected chi connectivity index (χ0v) is 19.6. The Kier molecular flexibility index (Phi) is 8.61. The summed E-state index contributed by atoms with van der Waals surface area (Å²) in [5.74, 6) is 0.0215. The molecule has 1 atom stereocenters. The molecule has 1 aliphatic heterocycles. The second-order valence-corrected chi connectivity index (χ2v) is 10.2. The van der Waals surface area contributed by atoms with Crippen molar-refractivity contribution in [3.05, 3.63) is 35.9 Å². The fraction of sp³-hybridized carbons (Fsp3) is 0.704. The summed E-state index contributed by atoms with van der Waals surface area (Å²) in [7, 11) is 0. The number of imide groups is 1. The van der Waals surface area contributed by atoms with E-state index in [0.717, 1.165) is 77.4 Å². The van der Waals surface area contributed by atoms with Crippen LogP contribution in [0.25, 0.3) is 0 Å². The highest BCUT2D eigenvalue weighted by molar-refractivity contribution is 5.96. The fourth-order valence-corrected chi connectivity index (χ4v) is 5.86. The molecule has 1 saturated heterocycles. The van der Waals surface area contributed by atoms with Gasteiger partial charge in [-0.15, -0.1) is 0 Å². The zero-order chi connectivity index (χ0) is 22.2. The van der Waals surface area contributed by atoms with Crippen LogP contribution in [0.15, 0.2) is 30.3 Å². The molecule has 0 spiro atoms. The molecule has 1 heterocycles. The van der Waals surface area contributed by atoms with Crippen molar-refractivity contribution in [2.24, 2.45) is 5.92 Å². The number of hydrogen-bond acceptors (Lipinski definition) is 3. The smallest absolute Gasteiger partial charge is 0.324 e. The van der Waals surface area contributed by atoms with Crippen molar-refractivity contribution >= 4 is 11.9 Å². The first-order valence-corrected chi connectivity index (χ1v) is 13.1. The number of carbonyl (C=O) groups is 2. The molecule has 1 aromatic rings. The molecule has 2 saturated carbocycles. The molecule has 3 amide bonds. The van der Waals surface area contributed by atoms with E-state index in [1.807, 2.05) is 0 Å². The van der Waals surface area contributed by atoms with Crippen LogP contribution >= 0.6 is 0 Å². The standard InChI is InChI=1S/C27H41N3O2/c31-26(23-13-10-19-29(21-23)20-18-22-11-4-1-5-12-22)30(25-16-8-3-9-17-25)27(32)28-24-14-6-2-7-15-24/h1,4-5,11-12,23-25H,2-3,6-10,13-21H2,(H,28,32)/t23-/m1/s1. The molecule has 32 heavy (non-hydrogen) atoms. The van der Waals surface area contributed by atoms with Gasteiger partial charge in [0.1, 0.15) is 0 Å². The normalized spacial score (nSPS) is 23.6. The van der Waals surface area contributed by atoms with Crippen molar-refractivity contribution in [2.45, 2.75) is 95.6 Å². The average molecular weight is 440 g/mol. The lowest BCUT2D eigenvalue weighted by Crippen LogP contribution is -2.56. The van der Waals surface area contributed by atoms with E-state index in [2.05, 4.69) is 40.5 Å². The lowest BCUT2D eigenvalue weighted by atomic mass is 9.91. The molecular formula is C27H41N3O2. The maximum absolute atomic E-state index is 13.7. The third kappa shape index (κ3) is 6.34. The van der Waals surface area contributed by atoms with Crippen LogP contribution in [0.3, 0.4) is 0 Å². The molecule has 0 unspecified atom stereocenters. The average Bonchev–Trinajstić information content (AvgIpc) is 2.85. The van der Waals surface area contributed by atoms with E-state index in [4.69, 9.17) is 0 Å². The van der Waals surface area contributed by atoms with Gasteiger partial charge in [0.25, 0.3) is 0 Å². The Morgan fingerprint density at radius 1 is 0.875 bits per heavy atom. The van der Waals surface area contributed by atoms with E-state index in [0.29, 0.717) is 0 Å². The monoisotopic (exact) mass is 439 g/mol. The first-order valence-electron chi connectivity index (χ1n) is 13.1. The Labute approximate surface area is 193 Å². The topological polar surface area (TPSA) is 52.7 Å². The summed E-state index contributed by atoms with van der Waals surface area (Å²) in [5.41, 5.74) is 1.34. The maximum atomic E-state index is 13.7. The molecule has 3 aliphatic rings. The molecule has 176 valence electrons. The Hall–Kier alpha value is -1.88. The largest absolute Gasteiger partial charge is 0.335 e. The third-order valence-corrected chi connectivity index (χ3v) is 7.74. The predicted octanol–water partition coefficient (Wildman–Crippen LogP) is 5.14. The van der Waals surface area contributed by atoms with E-state index in [-0.39, 0.29) is 29.9 Å². The van der Waals surface area contributed by atoms with Gasteiger partial charge in [-0.05, 0) is 57.1 Å². The zero-order valence-electron chi connectivity index (χ0n) is 19.6. The number of likely N-dealkylation sites (tertiary alicyclic amines) is 1. The molecular weight excluding hydrogens is 398 g/mol. The van der Waals surface area contributed by atoms with Gasteiger partial charge in [-0.3, -0.25) is 9.69 Å². The van der Waals surface area contributed by atoms with Gasteiger partial charge in [-0.2, -0.15) is 0 Å². The van der Waals surface area contributed by atoms with Crippen LogP contribution in [0, 0.1) is 5.92 Å². The fourth-order valence-electron chi connectivity index (χ4n) is 5.86. The number of rotatable bonds is 6. The van der Waals surface area contributed by atoms with Gasteiger partial charge in [-0.1, -0.05) is 68.9 Å². The van der Waals surface area contributed by atoms with E-state index in [1.54, 1.807) is 4.90 Å². The lowest BCUT2D eigenvalue weighted by molar-refractivity contribution is -0.136. The van der Waals surface area contributed by atoms with Crippen molar-refractivity contribution in [3.63, 3.8) is 0 Å². The number of urea groups is 1. The Bertz CT molecular complexity index is 726. The van der Waals surface area contributed by atoms with Gasteiger partial charge in [-0.25, -0.2) is 4.79 Å². The number of nitrogens with one attached hydrogen (secondary N) is 1. The van der Waals surface area contributed by atoms with Crippen LogP contribution in [0.2, 0.25) is 0 Å². The summed E-state index contributed by atoms with van der Waals surface area (Å²) >= 11 is 0. The second-order valence-electron chi connectivity index (χ2n) is 10.2. The van der Waals surface area contributed by atoms with E-state index >= 15 is 0 Å². The van der Waals surface area contributed by atoms with Gasteiger partial charge < -0.3 is 10.2 Å². The van der Waals surface area contributed by atoms with Crippen LogP contribution < -0.4 is 5.32 Å². The minimum absolute atomic E-state index is 0.0569. The SMILES string of the molecule is O=C(NC1CCCCC1)N(C(=O)[C@@H]1CCCN(CCc2ccccc2)C1)C1CCCCC1. The molecule has 5 nitrogen and oxygen atoms in total. The minimum Gasteiger partial charge on any atom is -0.335 e. The number of benzene rings is 1. The lowest BCUT2D eigenvalue weighted by Gasteiger charge is -2.39. The predicted molar refractivity (Wildman–Crippen MR) is 128 cm³/mol. The molecule has 0 aromatic heterocycles. The number of amides is 3. The first-order chi connectivity index (χ1) is 15.7. The highest BCUT2D eigenvalue weighted by Crippen LogP contribution is 2.27. The second kappa shape index (κ2) is 11.8. The number of hydrogen-bond donors (Lipinski definition) is 1. The number of nitrogens with zero attached hydrogens (tertiary/aromatic N) is 2.